The Balaban J connectivity index is 1.56. The van der Waals surface area contributed by atoms with Gasteiger partial charge in [0.2, 0.25) is 0 Å². The zero-order valence-corrected chi connectivity index (χ0v) is 17.8. The van der Waals surface area contributed by atoms with Crippen molar-refractivity contribution in [3.05, 3.63) is 51.7 Å². The number of thiophene rings is 1. The summed E-state index contributed by atoms with van der Waals surface area (Å²) in [5.74, 6) is -0.953. The molecule has 2 atom stereocenters. The number of hydrogen-bond donors (Lipinski definition) is 2. The summed E-state index contributed by atoms with van der Waals surface area (Å²) in [5, 5.41) is 19.3. The fourth-order valence-corrected chi connectivity index (χ4v) is 4.16. The summed E-state index contributed by atoms with van der Waals surface area (Å²) >= 11 is 1.17. The molecule has 2 aromatic rings. The minimum Gasteiger partial charge on any atom is -0.477 e. The average Bonchev–Trinajstić information content (AvgIpc) is 3.35. The van der Waals surface area contributed by atoms with E-state index in [4.69, 9.17) is 14.6 Å². The zero-order valence-electron chi connectivity index (χ0n) is 17.0. The number of anilines is 1. The number of carbonyl (C=O) groups excluding carboxylic acids is 1. The summed E-state index contributed by atoms with van der Waals surface area (Å²) in [5.41, 5.74) is 1.53. The molecule has 3 rings (SSSR count). The standard InChI is InChI=1S/C22H27NO6S/c1-2-3-4-5-19(24)15-6-8-16(9-7-15)23-17(13-29-22(23)27)12-28-14-18-10-11-20(30-18)21(25)26/h6-11,17,19,24H,2-5,12-14H2,1H3,(H,25,26). The van der Waals surface area contributed by atoms with Gasteiger partial charge in [-0.15, -0.1) is 11.3 Å². The lowest BCUT2D eigenvalue weighted by Gasteiger charge is -2.22. The Labute approximate surface area is 179 Å². The smallest absolute Gasteiger partial charge is 0.414 e. The molecule has 1 aromatic heterocycles. The van der Waals surface area contributed by atoms with Gasteiger partial charge in [0.1, 0.15) is 11.5 Å². The van der Waals surface area contributed by atoms with Crippen molar-refractivity contribution >= 4 is 29.1 Å². The molecule has 0 spiro atoms. The van der Waals surface area contributed by atoms with E-state index in [-0.39, 0.29) is 30.7 Å². The molecule has 8 heteroatoms. The number of hydrogen-bond acceptors (Lipinski definition) is 6. The van der Waals surface area contributed by atoms with Gasteiger partial charge in [-0.1, -0.05) is 38.3 Å². The second-order valence-electron chi connectivity index (χ2n) is 7.29. The molecule has 1 aliphatic heterocycles. The van der Waals surface area contributed by atoms with E-state index in [2.05, 4.69) is 6.92 Å². The van der Waals surface area contributed by atoms with Crippen molar-refractivity contribution in [1.29, 1.82) is 0 Å². The Morgan fingerprint density at radius 3 is 2.70 bits per heavy atom. The van der Waals surface area contributed by atoms with E-state index >= 15 is 0 Å². The second-order valence-corrected chi connectivity index (χ2v) is 8.46. The fraction of sp³-hybridized carbons (Fsp3) is 0.455. The molecule has 7 nitrogen and oxygen atoms in total. The van der Waals surface area contributed by atoms with Gasteiger partial charge in [-0.25, -0.2) is 9.59 Å². The molecule has 1 saturated heterocycles. The third kappa shape index (κ3) is 5.59. The van der Waals surface area contributed by atoms with E-state index in [1.165, 1.54) is 11.3 Å². The first-order valence-corrected chi connectivity index (χ1v) is 10.9. The molecule has 1 fully saturated rings. The normalized spacial score (nSPS) is 17.2. The molecule has 0 bridgehead atoms. The number of aliphatic hydroxyl groups excluding tert-OH is 1. The minimum atomic E-state index is -0.953. The van der Waals surface area contributed by atoms with Crippen LogP contribution in [0.25, 0.3) is 0 Å². The van der Waals surface area contributed by atoms with Crippen LogP contribution >= 0.6 is 11.3 Å². The van der Waals surface area contributed by atoms with E-state index in [1.54, 1.807) is 17.0 Å². The molecule has 2 unspecified atom stereocenters. The van der Waals surface area contributed by atoms with Gasteiger partial charge >= 0.3 is 12.1 Å². The third-order valence-corrected chi connectivity index (χ3v) is 6.07. The van der Waals surface area contributed by atoms with Crippen molar-refractivity contribution in [2.45, 2.75) is 51.4 Å². The molecule has 0 radical (unpaired) electrons. The average molecular weight is 434 g/mol. The molecule has 1 amide bonds. The first-order chi connectivity index (χ1) is 14.5. The number of nitrogens with zero attached hydrogens (tertiary/aromatic N) is 1. The van der Waals surface area contributed by atoms with Crippen molar-refractivity contribution < 1.29 is 29.3 Å². The van der Waals surface area contributed by atoms with Crippen LogP contribution < -0.4 is 4.90 Å². The Hall–Kier alpha value is -2.42. The summed E-state index contributed by atoms with van der Waals surface area (Å²) in [6, 6.07) is 10.3. The Morgan fingerprint density at radius 2 is 2.03 bits per heavy atom. The third-order valence-electron chi connectivity index (χ3n) is 5.03. The topological polar surface area (TPSA) is 96.3 Å². The first-order valence-electron chi connectivity index (χ1n) is 10.1. The maximum Gasteiger partial charge on any atom is 0.414 e. The van der Waals surface area contributed by atoms with Gasteiger partial charge in [0.15, 0.2) is 0 Å². The van der Waals surface area contributed by atoms with Crippen molar-refractivity contribution in [3.8, 4) is 0 Å². The van der Waals surface area contributed by atoms with E-state index in [0.29, 0.717) is 5.69 Å². The van der Waals surface area contributed by atoms with Gasteiger partial charge in [-0.3, -0.25) is 4.90 Å². The number of benzene rings is 1. The molecule has 30 heavy (non-hydrogen) atoms. The summed E-state index contributed by atoms with van der Waals surface area (Å²) < 4.78 is 10.9. The van der Waals surface area contributed by atoms with Gasteiger partial charge in [0.05, 0.1) is 25.4 Å². The lowest BCUT2D eigenvalue weighted by molar-refractivity contribution is 0.0702. The number of aliphatic hydroxyl groups is 1. The van der Waals surface area contributed by atoms with Gasteiger partial charge in [-0.2, -0.15) is 0 Å². The molecule has 2 N–H and O–H groups in total. The summed E-state index contributed by atoms with van der Waals surface area (Å²) in [4.78, 5) is 25.8. The molecule has 0 saturated carbocycles. The number of ether oxygens (including phenoxy) is 2. The number of carboxylic acid groups (broad SMARTS) is 1. The quantitative estimate of drug-likeness (QED) is 0.503. The van der Waals surface area contributed by atoms with Crippen LogP contribution in [-0.4, -0.2) is 41.5 Å². The monoisotopic (exact) mass is 433 g/mol. The van der Waals surface area contributed by atoms with Crippen LogP contribution in [0.3, 0.4) is 0 Å². The van der Waals surface area contributed by atoms with Crippen LogP contribution in [0.2, 0.25) is 0 Å². The van der Waals surface area contributed by atoms with E-state index in [9.17, 15) is 14.7 Å². The summed E-state index contributed by atoms with van der Waals surface area (Å²) in [7, 11) is 0. The fourth-order valence-electron chi connectivity index (χ4n) is 3.38. The van der Waals surface area contributed by atoms with Crippen LogP contribution in [0.5, 0.6) is 0 Å². The lowest BCUT2D eigenvalue weighted by Crippen LogP contribution is -2.36. The van der Waals surface area contributed by atoms with Gasteiger partial charge in [0, 0.05) is 10.6 Å². The van der Waals surface area contributed by atoms with E-state index in [0.717, 1.165) is 36.1 Å². The number of aromatic carboxylic acids is 1. The Bertz CT molecular complexity index is 850. The number of cyclic esters (lactones) is 1. The highest BCUT2D eigenvalue weighted by Gasteiger charge is 2.34. The summed E-state index contributed by atoms with van der Waals surface area (Å²) in [6.45, 7) is 2.90. The number of carbonyl (C=O) groups is 2. The highest BCUT2D eigenvalue weighted by Crippen LogP contribution is 2.27. The van der Waals surface area contributed by atoms with Crippen LogP contribution in [0.1, 0.15) is 58.8 Å². The van der Waals surface area contributed by atoms with E-state index < -0.39 is 18.2 Å². The maximum absolute atomic E-state index is 12.2. The van der Waals surface area contributed by atoms with Crippen molar-refractivity contribution in [2.75, 3.05) is 18.1 Å². The molecule has 0 aliphatic carbocycles. The first kappa shape index (κ1) is 22.3. The Morgan fingerprint density at radius 1 is 1.27 bits per heavy atom. The SMILES string of the molecule is CCCCCC(O)c1ccc(N2C(=O)OCC2COCc2ccc(C(=O)O)s2)cc1. The molecular weight excluding hydrogens is 406 g/mol. The van der Waals surface area contributed by atoms with Crippen LogP contribution in [0, 0.1) is 0 Å². The van der Waals surface area contributed by atoms with Crippen molar-refractivity contribution in [3.63, 3.8) is 0 Å². The van der Waals surface area contributed by atoms with Gasteiger partial charge < -0.3 is 19.7 Å². The van der Waals surface area contributed by atoms with Crippen LogP contribution in [0.15, 0.2) is 36.4 Å². The predicted molar refractivity (Wildman–Crippen MR) is 114 cm³/mol. The van der Waals surface area contributed by atoms with Gasteiger partial charge in [0.25, 0.3) is 0 Å². The predicted octanol–water partition coefficient (Wildman–Crippen LogP) is 4.60. The Kier molecular flexibility index (Phi) is 7.84. The van der Waals surface area contributed by atoms with Gasteiger partial charge in [-0.05, 0) is 36.2 Å². The highest BCUT2D eigenvalue weighted by molar-refractivity contribution is 7.13. The van der Waals surface area contributed by atoms with Crippen LogP contribution in [0.4, 0.5) is 10.5 Å². The summed E-state index contributed by atoms with van der Waals surface area (Å²) in [6.07, 6.45) is 2.98. The minimum absolute atomic E-state index is 0.227. The largest absolute Gasteiger partial charge is 0.477 e. The number of amides is 1. The molecule has 1 aliphatic rings. The molecule has 162 valence electrons. The molecule has 1 aromatic carbocycles. The van der Waals surface area contributed by atoms with E-state index in [1.807, 2.05) is 24.3 Å². The maximum atomic E-state index is 12.2. The second kappa shape index (κ2) is 10.6. The highest BCUT2D eigenvalue weighted by atomic mass is 32.1. The molecular formula is C22H27NO6S. The van der Waals surface area contributed by atoms with Crippen molar-refractivity contribution in [2.24, 2.45) is 0 Å². The van der Waals surface area contributed by atoms with Crippen molar-refractivity contribution in [1.82, 2.24) is 0 Å². The number of carboxylic acids is 1. The van der Waals surface area contributed by atoms with Crippen LogP contribution in [-0.2, 0) is 16.1 Å². The number of rotatable bonds is 11. The molecule has 2 heterocycles. The number of unbranched alkanes of at least 4 members (excludes halogenated alkanes) is 2. The lowest BCUT2D eigenvalue weighted by atomic mass is 10.0. The zero-order chi connectivity index (χ0) is 21.5.